The topological polar surface area (TPSA) is 63.4 Å². The molecule has 0 amide bonds. The molecule has 1 saturated carbocycles. The van der Waals surface area contributed by atoms with E-state index >= 15 is 0 Å². The maximum absolute atomic E-state index is 12.6. The Morgan fingerprint density at radius 1 is 1.21 bits per heavy atom. The Morgan fingerprint density at radius 3 is 2.26 bits per heavy atom. The van der Waals surface area contributed by atoms with Crippen LogP contribution in [0.2, 0.25) is 10.0 Å². The third-order valence-corrected chi connectivity index (χ3v) is 6.27. The molecular formula is C12H14Cl2N2O2S. The van der Waals surface area contributed by atoms with Crippen molar-refractivity contribution in [1.82, 2.24) is 4.31 Å². The SMILES string of the molecule is NC1CN(S(=O)(=O)c2cc(Cl)cc(Cl)c2)CC12CC2. The molecule has 0 radical (unpaired) electrons. The van der Waals surface area contributed by atoms with Gasteiger partial charge in [-0.3, -0.25) is 0 Å². The number of hydrogen-bond acceptors (Lipinski definition) is 3. The smallest absolute Gasteiger partial charge is 0.243 e. The molecule has 19 heavy (non-hydrogen) atoms. The molecule has 0 bridgehead atoms. The standard InChI is InChI=1S/C12H14Cl2N2O2S/c13-8-3-9(14)5-10(4-8)19(17,18)16-6-11(15)12(7-16)1-2-12/h3-5,11H,1-2,6-7,15H2. The van der Waals surface area contributed by atoms with Crippen molar-refractivity contribution in [2.24, 2.45) is 11.1 Å². The zero-order valence-electron chi connectivity index (χ0n) is 10.1. The van der Waals surface area contributed by atoms with Crippen molar-refractivity contribution in [3.05, 3.63) is 28.2 Å². The Balaban J connectivity index is 1.95. The third kappa shape index (κ3) is 2.28. The van der Waals surface area contributed by atoms with E-state index in [1.165, 1.54) is 22.5 Å². The van der Waals surface area contributed by atoms with Gasteiger partial charge in [-0.1, -0.05) is 23.2 Å². The second kappa shape index (κ2) is 4.33. The summed E-state index contributed by atoms with van der Waals surface area (Å²) in [4.78, 5) is 0.134. The second-order valence-corrected chi connectivity index (χ2v) is 8.18. The summed E-state index contributed by atoms with van der Waals surface area (Å²) < 4.78 is 26.6. The van der Waals surface area contributed by atoms with E-state index in [0.29, 0.717) is 23.1 Å². The lowest BCUT2D eigenvalue weighted by atomic mass is 10.0. The number of halogens is 2. The number of hydrogen-bond donors (Lipinski definition) is 1. The van der Waals surface area contributed by atoms with Crippen LogP contribution in [0.1, 0.15) is 12.8 Å². The van der Waals surface area contributed by atoms with Crippen molar-refractivity contribution in [2.45, 2.75) is 23.8 Å². The van der Waals surface area contributed by atoms with Crippen molar-refractivity contribution in [3.63, 3.8) is 0 Å². The molecule has 1 aliphatic carbocycles. The molecule has 1 heterocycles. The summed E-state index contributed by atoms with van der Waals surface area (Å²) in [5.41, 5.74) is 6.05. The van der Waals surface area contributed by atoms with Gasteiger partial charge in [0.15, 0.2) is 0 Å². The zero-order chi connectivity index (χ0) is 13.8. The van der Waals surface area contributed by atoms with Crippen LogP contribution in [0.5, 0.6) is 0 Å². The normalized spacial score (nSPS) is 25.9. The van der Waals surface area contributed by atoms with Gasteiger partial charge in [0.1, 0.15) is 0 Å². The minimum absolute atomic E-state index is 0.00936. The molecule has 2 fully saturated rings. The van der Waals surface area contributed by atoms with Gasteiger partial charge in [0.25, 0.3) is 0 Å². The molecule has 4 nitrogen and oxygen atoms in total. The summed E-state index contributed by atoms with van der Waals surface area (Å²) in [6, 6.07) is 4.29. The lowest BCUT2D eigenvalue weighted by molar-refractivity contribution is 0.448. The maximum Gasteiger partial charge on any atom is 0.243 e. The van der Waals surface area contributed by atoms with Gasteiger partial charge < -0.3 is 5.73 Å². The highest BCUT2D eigenvalue weighted by Gasteiger charge is 2.55. The van der Waals surface area contributed by atoms with Crippen LogP contribution in [-0.4, -0.2) is 31.9 Å². The van der Waals surface area contributed by atoms with Gasteiger partial charge in [0.2, 0.25) is 10.0 Å². The number of nitrogens with zero attached hydrogens (tertiary/aromatic N) is 1. The molecule has 1 aliphatic heterocycles. The summed E-state index contributed by atoms with van der Waals surface area (Å²) in [7, 11) is -3.56. The first kappa shape index (κ1) is 13.6. The van der Waals surface area contributed by atoms with E-state index in [-0.39, 0.29) is 16.4 Å². The first-order chi connectivity index (χ1) is 8.83. The molecule has 104 valence electrons. The summed E-state index contributed by atoms with van der Waals surface area (Å²) in [6.45, 7) is 0.868. The second-order valence-electron chi connectivity index (χ2n) is 5.37. The highest BCUT2D eigenvalue weighted by Crippen LogP contribution is 2.52. The summed E-state index contributed by atoms with van der Waals surface area (Å²) in [6.07, 6.45) is 2.02. The molecule has 1 aromatic carbocycles. The Labute approximate surface area is 122 Å². The third-order valence-electron chi connectivity index (χ3n) is 4.04. The maximum atomic E-state index is 12.6. The predicted molar refractivity (Wildman–Crippen MR) is 74.9 cm³/mol. The Morgan fingerprint density at radius 2 is 1.79 bits per heavy atom. The van der Waals surface area contributed by atoms with Crippen molar-refractivity contribution >= 4 is 33.2 Å². The fraction of sp³-hybridized carbons (Fsp3) is 0.500. The van der Waals surface area contributed by atoms with Gasteiger partial charge in [-0.2, -0.15) is 4.31 Å². The van der Waals surface area contributed by atoms with Crippen LogP contribution in [0.3, 0.4) is 0 Å². The Kier molecular flexibility index (Phi) is 3.11. The summed E-state index contributed by atoms with van der Waals surface area (Å²) in [5.74, 6) is 0. The first-order valence-electron chi connectivity index (χ1n) is 6.05. The fourth-order valence-corrected chi connectivity index (χ4v) is 4.93. The highest BCUT2D eigenvalue weighted by atomic mass is 35.5. The van der Waals surface area contributed by atoms with Crippen LogP contribution in [0.4, 0.5) is 0 Å². The minimum Gasteiger partial charge on any atom is -0.326 e. The van der Waals surface area contributed by atoms with E-state index in [4.69, 9.17) is 28.9 Å². The van der Waals surface area contributed by atoms with Crippen LogP contribution in [0.15, 0.2) is 23.1 Å². The van der Waals surface area contributed by atoms with E-state index in [0.717, 1.165) is 12.8 Å². The molecule has 3 rings (SSSR count). The molecule has 1 aromatic rings. The molecular weight excluding hydrogens is 307 g/mol. The van der Waals surface area contributed by atoms with Crippen LogP contribution in [-0.2, 0) is 10.0 Å². The first-order valence-corrected chi connectivity index (χ1v) is 8.25. The molecule has 0 aromatic heterocycles. The molecule has 1 unspecified atom stereocenters. The molecule has 2 N–H and O–H groups in total. The lowest BCUT2D eigenvalue weighted by Crippen LogP contribution is -2.32. The summed E-state index contributed by atoms with van der Waals surface area (Å²) >= 11 is 11.7. The van der Waals surface area contributed by atoms with Crippen molar-refractivity contribution < 1.29 is 8.42 Å². The van der Waals surface area contributed by atoms with Gasteiger partial charge in [-0.25, -0.2) is 8.42 Å². The Bertz CT molecular complexity index is 608. The van der Waals surface area contributed by atoms with Gasteiger partial charge in [0.05, 0.1) is 4.90 Å². The van der Waals surface area contributed by atoms with E-state index < -0.39 is 10.0 Å². The molecule has 7 heteroatoms. The fourth-order valence-electron chi connectivity index (χ4n) is 2.65. The average Bonchev–Trinajstić information content (AvgIpc) is 2.99. The molecule has 1 saturated heterocycles. The number of nitrogens with two attached hydrogens (primary N) is 1. The van der Waals surface area contributed by atoms with Gasteiger partial charge in [-0.15, -0.1) is 0 Å². The highest BCUT2D eigenvalue weighted by molar-refractivity contribution is 7.89. The van der Waals surface area contributed by atoms with Crippen molar-refractivity contribution in [2.75, 3.05) is 13.1 Å². The number of sulfonamides is 1. The van der Waals surface area contributed by atoms with E-state index in [2.05, 4.69) is 0 Å². The lowest BCUT2D eigenvalue weighted by Gasteiger charge is -2.16. The quantitative estimate of drug-likeness (QED) is 0.907. The van der Waals surface area contributed by atoms with Crippen LogP contribution < -0.4 is 5.73 Å². The molecule has 2 aliphatic rings. The van der Waals surface area contributed by atoms with E-state index in [9.17, 15) is 8.42 Å². The average molecular weight is 321 g/mol. The van der Waals surface area contributed by atoms with Crippen LogP contribution in [0, 0.1) is 5.41 Å². The largest absolute Gasteiger partial charge is 0.326 e. The van der Waals surface area contributed by atoms with Crippen LogP contribution in [0.25, 0.3) is 0 Å². The van der Waals surface area contributed by atoms with Gasteiger partial charge in [-0.05, 0) is 31.0 Å². The predicted octanol–water partition coefficient (Wildman–Crippen LogP) is 2.11. The number of benzene rings is 1. The van der Waals surface area contributed by atoms with Gasteiger partial charge in [0, 0.05) is 34.6 Å². The van der Waals surface area contributed by atoms with Crippen molar-refractivity contribution in [1.29, 1.82) is 0 Å². The van der Waals surface area contributed by atoms with E-state index in [1.807, 2.05) is 0 Å². The monoisotopic (exact) mass is 320 g/mol. The minimum atomic E-state index is -3.56. The van der Waals surface area contributed by atoms with Crippen molar-refractivity contribution in [3.8, 4) is 0 Å². The van der Waals surface area contributed by atoms with E-state index in [1.54, 1.807) is 0 Å². The summed E-state index contributed by atoms with van der Waals surface area (Å²) in [5, 5.41) is 0.631. The molecule has 1 atom stereocenters. The Hall–Kier alpha value is -0.330. The van der Waals surface area contributed by atoms with Crippen LogP contribution >= 0.6 is 23.2 Å². The van der Waals surface area contributed by atoms with Gasteiger partial charge >= 0.3 is 0 Å². The number of rotatable bonds is 2. The zero-order valence-corrected chi connectivity index (χ0v) is 12.5. The molecule has 1 spiro atoms.